The smallest absolute Gasteiger partial charge is 0.317 e. The second-order valence-corrected chi connectivity index (χ2v) is 7.35. The largest absolute Gasteiger partial charge is 0.460 e. The molecule has 0 N–H and O–H groups in total. The molecule has 2 nitrogen and oxygen atoms in total. The highest BCUT2D eigenvalue weighted by Gasteiger charge is 2.29. The van der Waals surface area contributed by atoms with Crippen molar-refractivity contribution in [3.05, 3.63) is 106 Å². The lowest BCUT2D eigenvalue weighted by Gasteiger charge is -2.18. The maximum absolute atomic E-state index is 15.0. The Bertz CT molecular complexity index is 1130. The lowest BCUT2D eigenvalue weighted by atomic mass is 9.93. The molecule has 0 amide bonds. The van der Waals surface area contributed by atoms with E-state index in [4.69, 9.17) is 16.3 Å². The van der Waals surface area contributed by atoms with Crippen molar-refractivity contribution in [1.29, 1.82) is 0 Å². The number of esters is 1. The van der Waals surface area contributed by atoms with Crippen molar-refractivity contribution < 1.29 is 27.1 Å². The molecular weight excluding hydrogens is 432 g/mol. The van der Waals surface area contributed by atoms with Crippen LogP contribution in [0.2, 0.25) is 5.02 Å². The van der Waals surface area contributed by atoms with E-state index in [0.29, 0.717) is 16.2 Å². The maximum atomic E-state index is 15.0. The standard InChI is InChI=1S/C24H17ClF4O2/c1-13(2)18(15-8-10-16(25)11-9-15)24(30)31-12-17-20(26)19(14-6-4-3-5-7-14)22(28)23(29)21(17)27/h3-11,18H,1,12H2,2H3. The van der Waals surface area contributed by atoms with Crippen LogP contribution in [0.4, 0.5) is 17.6 Å². The van der Waals surface area contributed by atoms with Crippen molar-refractivity contribution in [3.8, 4) is 11.1 Å². The lowest BCUT2D eigenvalue weighted by molar-refractivity contribution is -0.145. The van der Waals surface area contributed by atoms with Crippen LogP contribution >= 0.6 is 11.6 Å². The van der Waals surface area contributed by atoms with E-state index >= 15 is 0 Å². The van der Waals surface area contributed by atoms with E-state index in [9.17, 15) is 22.4 Å². The van der Waals surface area contributed by atoms with Gasteiger partial charge in [0, 0.05) is 5.02 Å². The van der Waals surface area contributed by atoms with Crippen LogP contribution in [0.15, 0.2) is 66.7 Å². The quantitative estimate of drug-likeness (QED) is 0.134. The minimum absolute atomic E-state index is 0.0185. The molecular formula is C24H17ClF4O2. The van der Waals surface area contributed by atoms with Crippen molar-refractivity contribution in [3.63, 3.8) is 0 Å². The number of hydrogen-bond acceptors (Lipinski definition) is 2. The SMILES string of the molecule is C=C(C)C(C(=O)OCc1c(F)c(F)c(F)c(-c2ccccc2)c1F)c1ccc(Cl)cc1. The summed E-state index contributed by atoms with van der Waals surface area (Å²) in [6.45, 7) is 4.42. The van der Waals surface area contributed by atoms with Crippen molar-refractivity contribution >= 4 is 17.6 Å². The van der Waals surface area contributed by atoms with E-state index < -0.39 is 52.9 Å². The Labute approximate surface area is 181 Å². The van der Waals surface area contributed by atoms with E-state index in [2.05, 4.69) is 6.58 Å². The van der Waals surface area contributed by atoms with Crippen LogP contribution in [-0.2, 0) is 16.1 Å². The van der Waals surface area contributed by atoms with Crippen molar-refractivity contribution in [1.82, 2.24) is 0 Å². The topological polar surface area (TPSA) is 26.3 Å². The molecule has 3 aromatic rings. The molecule has 1 unspecified atom stereocenters. The molecule has 3 rings (SSSR count). The molecule has 1 atom stereocenters. The number of carbonyl (C=O) groups is 1. The summed E-state index contributed by atoms with van der Waals surface area (Å²) in [5.74, 6) is -8.37. The molecule has 0 aliphatic rings. The Kier molecular flexibility index (Phi) is 6.81. The Morgan fingerprint density at radius 1 is 0.935 bits per heavy atom. The summed E-state index contributed by atoms with van der Waals surface area (Å²) in [6, 6.07) is 13.6. The number of ether oxygens (including phenoxy) is 1. The lowest BCUT2D eigenvalue weighted by Crippen LogP contribution is -2.18. The van der Waals surface area contributed by atoms with Gasteiger partial charge < -0.3 is 4.74 Å². The van der Waals surface area contributed by atoms with Crippen LogP contribution in [0.1, 0.15) is 24.0 Å². The van der Waals surface area contributed by atoms with E-state index in [-0.39, 0.29) is 5.56 Å². The molecule has 160 valence electrons. The third kappa shape index (κ3) is 4.64. The van der Waals surface area contributed by atoms with Crippen LogP contribution in [0.3, 0.4) is 0 Å². The summed E-state index contributed by atoms with van der Waals surface area (Å²) in [5.41, 5.74) is -0.672. The fourth-order valence-corrected chi connectivity index (χ4v) is 3.30. The highest BCUT2D eigenvalue weighted by molar-refractivity contribution is 6.30. The van der Waals surface area contributed by atoms with E-state index in [1.807, 2.05) is 0 Å². The molecule has 0 bridgehead atoms. The molecule has 0 spiro atoms. The van der Waals surface area contributed by atoms with Gasteiger partial charge in [0.05, 0.1) is 11.1 Å². The van der Waals surface area contributed by atoms with Crippen molar-refractivity contribution in [2.24, 2.45) is 0 Å². The average molecular weight is 449 g/mol. The number of halogens is 5. The summed E-state index contributed by atoms with van der Waals surface area (Å²) < 4.78 is 62.8. The minimum atomic E-state index is -1.85. The summed E-state index contributed by atoms with van der Waals surface area (Å²) in [6.07, 6.45) is 0. The Balaban J connectivity index is 1.93. The van der Waals surface area contributed by atoms with Gasteiger partial charge in [-0.25, -0.2) is 17.6 Å². The van der Waals surface area contributed by atoms with Gasteiger partial charge in [-0.1, -0.05) is 66.2 Å². The Morgan fingerprint density at radius 3 is 2.13 bits per heavy atom. The van der Waals surface area contributed by atoms with Gasteiger partial charge in [-0.15, -0.1) is 0 Å². The summed E-state index contributed by atoms with van der Waals surface area (Å²) in [7, 11) is 0. The summed E-state index contributed by atoms with van der Waals surface area (Å²) >= 11 is 5.86. The first-order chi connectivity index (χ1) is 14.7. The highest BCUT2D eigenvalue weighted by atomic mass is 35.5. The Morgan fingerprint density at radius 2 is 1.55 bits per heavy atom. The molecule has 7 heteroatoms. The summed E-state index contributed by atoms with van der Waals surface area (Å²) in [5, 5.41) is 0.456. The molecule has 3 aromatic carbocycles. The van der Waals surface area contributed by atoms with Crippen molar-refractivity contribution in [2.45, 2.75) is 19.4 Å². The first kappa shape index (κ1) is 22.6. The third-order valence-electron chi connectivity index (χ3n) is 4.71. The van der Waals surface area contributed by atoms with Gasteiger partial charge in [0.1, 0.15) is 18.3 Å². The van der Waals surface area contributed by atoms with Crippen LogP contribution in [-0.4, -0.2) is 5.97 Å². The normalized spacial score (nSPS) is 11.8. The zero-order valence-electron chi connectivity index (χ0n) is 16.4. The van der Waals surface area contributed by atoms with Crippen LogP contribution < -0.4 is 0 Å². The van der Waals surface area contributed by atoms with Gasteiger partial charge in [-0.3, -0.25) is 4.79 Å². The zero-order valence-corrected chi connectivity index (χ0v) is 17.1. The predicted molar refractivity (Wildman–Crippen MR) is 111 cm³/mol. The molecule has 0 heterocycles. The molecule has 0 aliphatic carbocycles. The second kappa shape index (κ2) is 9.35. The molecule has 0 aromatic heterocycles. The minimum Gasteiger partial charge on any atom is -0.460 e. The predicted octanol–water partition coefficient (Wildman–Crippen LogP) is 6.97. The third-order valence-corrected chi connectivity index (χ3v) is 4.96. The van der Waals surface area contributed by atoms with Gasteiger partial charge in [0.25, 0.3) is 0 Å². The average Bonchev–Trinajstić information content (AvgIpc) is 2.74. The van der Waals surface area contributed by atoms with Gasteiger partial charge in [0.2, 0.25) is 0 Å². The monoisotopic (exact) mass is 448 g/mol. The highest BCUT2D eigenvalue weighted by Crippen LogP contribution is 2.33. The summed E-state index contributed by atoms with van der Waals surface area (Å²) in [4.78, 5) is 12.6. The number of carbonyl (C=O) groups excluding carboxylic acids is 1. The van der Waals surface area contributed by atoms with Crippen molar-refractivity contribution in [2.75, 3.05) is 0 Å². The number of rotatable bonds is 6. The molecule has 0 radical (unpaired) electrons. The van der Waals surface area contributed by atoms with Gasteiger partial charge in [-0.2, -0.15) is 0 Å². The first-order valence-electron chi connectivity index (χ1n) is 9.20. The first-order valence-corrected chi connectivity index (χ1v) is 9.57. The van der Waals surface area contributed by atoms with Gasteiger partial charge in [-0.05, 0) is 30.2 Å². The fourth-order valence-electron chi connectivity index (χ4n) is 3.17. The van der Waals surface area contributed by atoms with Gasteiger partial charge >= 0.3 is 5.97 Å². The molecule has 0 fully saturated rings. The van der Waals surface area contributed by atoms with Crippen LogP contribution in [0, 0.1) is 23.3 Å². The second-order valence-electron chi connectivity index (χ2n) is 6.91. The molecule has 0 saturated carbocycles. The fraction of sp³-hybridized carbons (Fsp3) is 0.125. The van der Waals surface area contributed by atoms with Crippen LogP contribution in [0.25, 0.3) is 11.1 Å². The molecule has 31 heavy (non-hydrogen) atoms. The van der Waals surface area contributed by atoms with E-state index in [1.54, 1.807) is 37.3 Å². The molecule has 0 saturated heterocycles. The van der Waals surface area contributed by atoms with Crippen LogP contribution in [0.5, 0.6) is 0 Å². The van der Waals surface area contributed by atoms with E-state index in [1.165, 1.54) is 24.3 Å². The maximum Gasteiger partial charge on any atom is 0.317 e. The number of benzene rings is 3. The zero-order chi connectivity index (χ0) is 22.7. The van der Waals surface area contributed by atoms with Gasteiger partial charge in [0.15, 0.2) is 17.5 Å². The molecule has 0 aliphatic heterocycles. The number of hydrogen-bond donors (Lipinski definition) is 0. The Hall–Kier alpha value is -3.12. The van der Waals surface area contributed by atoms with E-state index in [0.717, 1.165) is 0 Å².